The topological polar surface area (TPSA) is 34.2 Å². The molecule has 2 aromatic heterocycles. The second-order valence-electron chi connectivity index (χ2n) is 12.8. The van der Waals surface area contributed by atoms with E-state index in [-0.39, 0.29) is 0 Å². The van der Waals surface area contributed by atoms with Crippen LogP contribution in [0.4, 0.5) is 17.1 Å². The normalized spacial score (nSPS) is 11.5. The Balaban J connectivity index is 1.13. The van der Waals surface area contributed by atoms with E-state index in [4.69, 9.17) is 9.40 Å². The van der Waals surface area contributed by atoms with Gasteiger partial charge in [0.15, 0.2) is 5.58 Å². The van der Waals surface area contributed by atoms with Crippen LogP contribution >= 0.6 is 0 Å². The van der Waals surface area contributed by atoms with Crippen molar-refractivity contribution in [2.75, 3.05) is 4.90 Å². The largest absolute Gasteiger partial charge is 0.436 e. The maximum atomic E-state index is 6.30. The summed E-state index contributed by atoms with van der Waals surface area (Å²) < 4.78 is 8.65. The van der Waals surface area contributed by atoms with Crippen LogP contribution in [0.1, 0.15) is 0 Å². The van der Waals surface area contributed by atoms with Gasteiger partial charge in [0.1, 0.15) is 5.52 Å². The Hall–Kier alpha value is -6.91. The van der Waals surface area contributed by atoms with E-state index in [0.717, 1.165) is 55.7 Å². The molecule has 0 spiro atoms. The molecule has 0 N–H and O–H groups in total. The van der Waals surface area contributed by atoms with E-state index in [1.165, 1.54) is 27.4 Å². The van der Waals surface area contributed by atoms with Crippen LogP contribution in [0.3, 0.4) is 0 Å². The third kappa shape index (κ3) is 4.96. The second kappa shape index (κ2) is 11.9. The lowest BCUT2D eigenvalue weighted by atomic mass is 10.0. The summed E-state index contributed by atoms with van der Waals surface area (Å²) >= 11 is 0. The standard InChI is InChI=1S/C47H31N3O/c1-3-12-32(13-4-1)35-15-11-18-38(30-35)49(37-25-22-34(23-26-37)47-48-46-40-19-8-7-14-33(40)24-29-45(46)51-47)39-27-28-44-42(31-39)41-20-9-10-21-43(41)50(44)36-16-5-2-6-17-36/h1-31H. The van der Waals surface area contributed by atoms with Gasteiger partial charge in [0.05, 0.1) is 11.0 Å². The molecular formula is C47H31N3O. The van der Waals surface area contributed by atoms with Crippen molar-refractivity contribution >= 4 is 60.7 Å². The maximum absolute atomic E-state index is 6.30. The van der Waals surface area contributed by atoms with Crippen molar-refractivity contribution in [3.8, 4) is 28.3 Å². The molecule has 4 heteroatoms. The molecule has 10 aromatic rings. The first-order chi connectivity index (χ1) is 25.3. The molecular weight excluding hydrogens is 623 g/mol. The first-order valence-corrected chi connectivity index (χ1v) is 17.2. The highest BCUT2D eigenvalue weighted by atomic mass is 16.3. The number of para-hydroxylation sites is 2. The summed E-state index contributed by atoms with van der Waals surface area (Å²) in [5.41, 5.74) is 11.6. The number of anilines is 3. The van der Waals surface area contributed by atoms with Crippen molar-refractivity contribution < 1.29 is 4.42 Å². The zero-order valence-electron chi connectivity index (χ0n) is 27.6. The molecule has 0 radical (unpaired) electrons. The molecule has 0 fully saturated rings. The highest BCUT2D eigenvalue weighted by Gasteiger charge is 2.19. The van der Waals surface area contributed by atoms with Gasteiger partial charge in [0, 0.05) is 44.5 Å². The molecule has 0 aliphatic rings. The van der Waals surface area contributed by atoms with Crippen LogP contribution in [0.2, 0.25) is 0 Å². The predicted octanol–water partition coefficient (Wildman–Crippen LogP) is 12.9. The molecule has 51 heavy (non-hydrogen) atoms. The number of hydrogen-bond donors (Lipinski definition) is 0. The van der Waals surface area contributed by atoms with E-state index < -0.39 is 0 Å². The van der Waals surface area contributed by atoms with E-state index in [0.29, 0.717) is 5.89 Å². The molecule has 4 nitrogen and oxygen atoms in total. The van der Waals surface area contributed by atoms with Gasteiger partial charge in [-0.3, -0.25) is 0 Å². The van der Waals surface area contributed by atoms with E-state index in [1.54, 1.807) is 0 Å². The van der Waals surface area contributed by atoms with E-state index in [1.807, 2.05) is 18.2 Å². The number of aromatic nitrogens is 2. The molecule has 0 amide bonds. The van der Waals surface area contributed by atoms with Crippen molar-refractivity contribution in [1.29, 1.82) is 0 Å². The van der Waals surface area contributed by atoms with Gasteiger partial charge in [-0.25, -0.2) is 4.98 Å². The number of fused-ring (bicyclic) bond motifs is 6. The van der Waals surface area contributed by atoms with Crippen LogP contribution in [-0.2, 0) is 0 Å². The van der Waals surface area contributed by atoms with Gasteiger partial charge in [-0.05, 0) is 95.4 Å². The summed E-state index contributed by atoms with van der Waals surface area (Å²) in [6.45, 7) is 0. The number of nitrogens with zero attached hydrogens (tertiary/aromatic N) is 3. The van der Waals surface area contributed by atoms with Gasteiger partial charge in [0.2, 0.25) is 5.89 Å². The smallest absolute Gasteiger partial charge is 0.227 e. The van der Waals surface area contributed by atoms with Crippen LogP contribution in [0.25, 0.3) is 71.9 Å². The quantitative estimate of drug-likeness (QED) is 0.179. The third-order valence-corrected chi connectivity index (χ3v) is 9.80. The van der Waals surface area contributed by atoms with Crippen molar-refractivity contribution in [2.24, 2.45) is 0 Å². The summed E-state index contributed by atoms with van der Waals surface area (Å²) in [5.74, 6) is 0.612. The lowest BCUT2D eigenvalue weighted by molar-refractivity contribution is 0.620. The molecule has 0 aliphatic heterocycles. The fourth-order valence-electron chi connectivity index (χ4n) is 7.40. The Labute approximate surface area is 295 Å². The maximum Gasteiger partial charge on any atom is 0.227 e. The lowest BCUT2D eigenvalue weighted by Crippen LogP contribution is -2.10. The minimum Gasteiger partial charge on any atom is -0.436 e. The molecule has 2 heterocycles. The van der Waals surface area contributed by atoms with Gasteiger partial charge in [-0.15, -0.1) is 0 Å². The molecule has 10 rings (SSSR count). The molecule has 0 aliphatic carbocycles. The number of benzene rings is 8. The Morgan fingerprint density at radius 2 is 1.10 bits per heavy atom. The first kappa shape index (κ1) is 29.0. The molecule has 0 atom stereocenters. The van der Waals surface area contributed by atoms with E-state index >= 15 is 0 Å². The fourth-order valence-corrected chi connectivity index (χ4v) is 7.40. The van der Waals surface area contributed by atoms with Crippen molar-refractivity contribution in [3.05, 3.63) is 188 Å². The van der Waals surface area contributed by atoms with Crippen LogP contribution in [0.15, 0.2) is 192 Å². The van der Waals surface area contributed by atoms with Crippen LogP contribution in [0, 0.1) is 0 Å². The average molecular weight is 654 g/mol. The highest BCUT2D eigenvalue weighted by molar-refractivity contribution is 6.11. The second-order valence-corrected chi connectivity index (χ2v) is 12.8. The minimum absolute atomic E-state index is 0.612. The van der Waals surface area contributed by atoms with Crippen molar-refractivity contribution in [1.82, 2.24) is 9.55 Å². The highest BCUT2D eigenvalue weighted by Crippen LogP contribution is 2.41. The Morgan fingerprint density at radius 3 is 1.94 bits per heavy atom. The Kier molecular flexibility index (Phi) is 6.78. The fraction of sp³-hybridized carbons (Fsp3) is 0. The Morgan fingerprint density at radius 1 is 0.431 bits per heavy atom. The van der Waals surface area contributed by atoms with Gasteiger partial charge in [0.25, 0.3) is 0 Å². The average Bonchev–Trinajstić information content (AvgIpc) is 3.79. The van der Waals surface area contributed by atoms with Crippen LogP contribution < -0.4 is 4.90 Å². The number of oxazole rings is 1. The summed E-state index contributed by atoms with van der Waals surface area (Å²) in [4.78, 5) is 7.29. The van der Waals surface area contributed by atoms with E-state index in [2.05, 4.69) is 179 Å². The van der Waals surface area contributed by atoms with Gasteiger partial charge in [-0.1, -0.05) is 109 Å². The molecule has 0 bridgehead atoms. The van der Waals surface area contributed by atoms with Crippen LogP contribution in [0.5, 0.6) is 0 Å². The van der Waals surface area contributed by atoms with Crippen molar-refractivity contribution in [2.45, 2.75) is 0 Å². The SMILES string of the molecule is c1ccc(-c2cccc(N(c3ccc(-c4nc5c(ccc6ccccc65)o4)cc3)c3ccc4c(c3)c3ccccc3n4-c3ccccc3)c2)cc1. The zero-order chi connectivity index (χ0) is 33.7. The first-order valence-electron chi connectivity index (χ1n) is 17.2. The monoisotopic (exact) mass is 653 g/mol. The van der Waals surface area contributed by atoms with Crippen LogP contribution in [-0.4, -0.2) is 9.55 Å². The molecule has 8 aromatic carbocycles. The molecule has 0 saturated heterocycles. The van der Waals surface area contributed by atoms with Gasteiger partial charge >= 0.3 is 0 Å². The molecule has 240 valence electrons. The van der Waals surface area contributed by atoms with Crippen molar-refractivity contribution in [3.63, 3.8) is 0 Å². The third-order valence-electron chi connectivity index (χ3n) is 9.80. The van der Waals surface area contributed by atoms with Gasteiger partial charge < -0.3 is 13.9 Å². The zero-order valence-corrected chi connectivity index (χ0v) is 27.6. The predicted molar refractivity (Wildman–Crippen MR) is 211 cm³/mol. The summed E-state index contributed by atoms with van der Waals surface area (Å²) in [6.07, 6.45) is 0. The lowest BCUT2D eigenvalue weighted by Gasteiger charge is -2.26. The summed E-state index contributed by atoms with van der Waals surface area (Å²) in [7, 11) is 0. The molecule has 0 unspecified atom stereocenters. The van der Waals surface area contributed by atoms with E-state index in [9.17, 15) is 0 Å². The summed E-state index contributed by atoms with van der Waals surface area (Å²) in [5, 5.41) is 4.66. The Bertz CT molecular complexity index is 2850. The summed E-state index contributed by atoms with van der Waals surface area (Å²) in [6, 6.07) is 66.3. The van der Waals surface area contributed by atoms with Gasteiger partial charge in [-0.2, -0.15) is 0 Å². The minimum atomic E-state index is 0.612. The number of hydrogen-bond acceptors (Lipinski definition) is 3. The number of rotatable bonds is 6. The molecule has 0 saturated carbocycles.